The van der Waals surface area contributed by atoms with E-state index in [0.717, 1.165) is 22.8 Å². The number of rotatable bonds is 5. The average molecular weight is 406 g/mol. The average Bonchev–Trinajstić information content (AvgIpc) is 3.05. The lowest BCUT2D eigenvalue weighted by Crippen LogP contribution is -2.50. The van der Waals surface area contributed by atoms with E-state index in [1.54, 1.807) is 0 Å². The molecule has 1 saturated heterocycles. The van der Waals surface area contributed by atoms with Crippen LogP contribution in [-0.2, 0) is 4.79 Å². The molecule has 4 rings (SSSR count). The molecule has 1 aliphatic rings. The summed E-state index contributed by atoms with van der Waals surface area (Å²) in [5.74, 6) is 2.22. The van der Waals surface area contributed by atoms with Crippen molar-refractivity contribution in [1.82, 2.24) is 24.9 Å². The summed E-state index contributed by atoms with van der Waals surface area (Å²) >= 11 is 0. The molecule has 0 atom stereocenters. The molecule has 0 N–H and O–H groups in total. The number of hydrogen-bond acceptors (Lipinski definition) is 6. The number of aromatic nitrogens is 4. The van der Waals surface area contributed by atoms with Crippen molar-refractivity contribution in [2.24, 2.45) is 0 Å². The van der Waals surface area contributed by atoms with E-state index in [9.17, 15) is 4.79 Å². The van der Waals surface area contributed by atoms with Crippen LogP contribution in [0.5, 0.6) is 5.75 Å². The lowest BCUT2D eigenvalue weighted by Gasteiger charge is -2.35. The summed E-state index contributed by atoms with van der Waals surface area (Å²) < 4.78 is 7.40. The van der Waals surface area contributed by atoms with E-state index >= 15 is 0 Å². The quantitative estimate of drug-likeness (QED) is 0.647. The Labute approximate surface area is 176 Å². The Kier molecular flexibility index (Phi) is 5.65. The number of carbonyl (C=O) groups is 1. The Bertz CT molecular complexity index is 1010. The Morgan fingerprint density at radius 2 is 1.60 bits per heavy atom. The molecule has 8 nitrogen and oxygen atoms in total. The van der Waals surface area contributed by atoms with Gasteiger partial charge in [0.15, 0.2) is 18.2 Å². The highest BCUT2D eigenvalue weighted by Gasteiger charge is 2.22. The highest BCUT2D eigenvalue weighted by atomic mass is 16.5. The predicted molar refractivity (Wildman–Crippen MR) is 114 cm³/mol. The minimum absolute atomic E-state index is 0.000155. The second-order valence-corrected chi connectivity index (χ2v) is 7.43. The summed E-state index contributed by atoms with van der Waals surface area (Å²) in [5, 5.41) is 13.3. The van der Waals surface area contributed by atoms with Gasteiger partial charge in [0.05, 0.1) is 5.69 Å². The summed E-state index contributed by atoms with van der Waals surface area (Å²) in [4.78, 5) is 16.4. The van der Waals surface area contributed by atoms with Gasteiger partial charge in [0.2, 0.25) is 0 Å². The maximum absolute atomic E-state index is 12.4. The normalized spacial score (nSPS) is 14.1. The van der Waals surface area contributed by atoms with Gasteiger partial charge in [-0.15, -0.1) is 10.2 Å². The summed E-state index contributed by atoms with van der Waals surface area (Å²) in [6, 6.07) is 13.3. The molecule has 0 bridgehead atoms. The van der Waals surface area contributed by atoms with Crippen LogP contribution in [0.15, 0.2) is 42.5 Å². The van der Waals surface area contributed by atoms with Crippen LogP contribution in [0.25, 0.3) is 5.82 Å². The van der Waals surface area contributed by atoms with E-state index in [2.05, 4.69) is 27.1 Å². The molecule has 30 heavy (non-hydrogen) atoms. The molecule has 1 amide bonds. The monoisotopic (exact) mass is 406 g/mol. The van der Waals surface area contributed by atoms with Gasteiger partial charge in [0.25, 0.3) is 5.91 Å². The van der Waals surface area contributed by atoms with Crippen LogP contribution in [0.4, 0.5) is 5.82 Å². The molecule has 156 valence electrons. The van der Waals surface area contributed by atoms with Crippen LogP contribution in [0.3, 0.4) is 0 Å². The first kappa shape index (κ1) is 19.9. The summed E-state index contributed by atoms with van der Waals surface area (Å²) in [5.41, 5.74) is 3.23. The van der Waals surface area contributed by atoms with Gasteiger partial charge in [0.1, 0.15) is 5.75 Å². The third-order valence-corrected chi connectivity index (χ3v) is 5.57. The zero-order valence-electron chi connectivity index (χ0n) is 17.6. The van der Waals surface area contributed by atoms with Crippen molar-refractivity contribution in [2.45, 2.75) is 20.8 Å². The molecule has 1 aliphatic heterocycles. The van der Waals surface area contributed by atoms with Crippen molar-refractivity contribution in [3.63, 3.8) is 0 Å². The number of piperazine rings is 1. The fraction of sp³-hybridized carbons (Fsp3) is 0.364. The van der Waals surface area contributed by atoms with Crippen molar-refractivity contribution < 1.29 is 9.53 Å². The van der Waals surface area contributed by atoms with Gasteiger partial charge in [-0.1, -0.05) is 18.2 Å². The standard InChI is InChI=1S/C22H26N6O2/c1-16-17(2)25-28(18(16)3)21-10-9-20(23-24-21)26-11-13-27(14-12-26)22(29)15-30-19-7-5-4-6-8-19/h4-10H,11-15H2,1-3H3. The lowest BCUT2D eigenvalue weighted by molar-refractivity contribution is -0.133. The highest BCUT2D eigenvalue weighted by molar-refractivity contribution is 5.78. The summed E-state index contributed by atoms with van der Waals surface area (Å²) in [7, 11) is 0. The van der Waals surface area contributed by atoms with Crippen LogP contribution in [-0.4, -0.2) is 63.6 Å². The first-order valence-electron chi connectivity index (χ1n) is 10.1. The Morgan fingerprint density at radius 1 is 0.933 bits per heavy atom. The van der Waals surface area contributed by atoms with Crippen LogP contribution in [0, 0.1) is 20.8 Å². The molecule has 0 unspecified atom stereocenters. The van der Waals surface area contributed by atoms with E-state index in [0.29, 0.717) is 37.7 Å². The van der Waals surface area contributed by atoms with Gasteiger partial charge >= 0.3 is 0 Å². The molecule has 0 radical (unpaired) electrons. The van der Waals surface area contributed by atoms with Gasteiger partial charge in [0, 0.05) is 31.9 Å². The van der Waals surface area contributed by atoms with E-state index in [1.165, 1.54) is 0 Å². The molecule has 1 aromatic carbocycles. The Balaban J connectivity index is 1.32. The molecule has 3 heterocycles. The molecule has 0 saturated carbocycles. The molecular weight excluding hydrogens is 380 g/mol. The van der Waals surface area contributed by atoms with E-state index in [1.807, 2.05) is 65.9 Å². The third kappa shape index (κ3) is 4.12. The smallest absolute Gasteiger partial charge is 0.260 e. The summed E-state index contributed by atoms with van der Waals surface area (Å²) in [6.45, 7) is 8.83. The second-order valence-electron chi connectivity index (χ2n) is 7.43. The van der Waals surface area contributed by atoms with Crippen LogP contribution < -0.4 is 9.64 Å². The molecule has 1 fully saturated rings. The Hall–Kier alpha value is -3.42. The van der Waals surface area contributed by atoms with Gasteiger partial charge in [-0.05, 0) is 50.6 Å². The Morgan fingerprint density at radius 3 is 2.20 bits per heavy atom. The zero-order chi connectivity index (χ0) is 21.1. The first-order chi connectivity index (χ1) is 14.5. The first-order valence-corrected chi connectivity index (χ1v) is 10.1. The van der Waals surface area contributed by atoms with Crippen molar-refractivity contribution in [1.29, 1.82) is 0 Å². The van der Waals surface area contributed by atoms with Crippen molar-refractivity contribution in [3.8, 4) is 11.6 Å². The van der Waals surface area contributed by atoms with Crippen molar-refractivity contribution in [3.05, 3.63) is 59.4 Å². The number of amides is 1. The molecular formula is C22H26N6O2. The van der Waals surface area contributed by atoms with E-state index < -0.39 is 0 Å². The van der Waals surface area contributed by atoms with E-state index in [4.69, 9.17) is 4.74 Å². The van der Waals surface area contributed by atoms with E-state index in [-0.39, 0.29) is 12.5 Å². The van der Waals surface area contributed by atoms with Crippen LogP contribution >= 0.6 is 0 Å². The van der Waals surface area contributed by atoms with Gasteiger partial charge in [-0.2, -0.15) is 5.10 Å². The molecule has 3 aromatic rings. The fourth-order valence-corrected chi connectivity index (χ4v) is 3.48. The number of anilines is 1. The maximum atomic E-state index is 12.4. The van der Waals surface area contributed by atoms with Crippen molar-refractivity contribution in [2.75, 3.05) is 37.7 Å². The fourth-order valence-electron chi connectivity index (χ4n) is 3.48. The predicted octanol–water partition coefficient (Wildman–Crippen LogP) is 2.32. The number of benzene rings is 1. The van der Waals surface area contributed by atoms with Gasteiger partial charge in [-0.25, -0.2) is 4.68 Å². The maximum Gasteiger partial charge on any atom is 0.260 e. The molecule has 2 aromatic heterocycles. The number of aryl methyl sites for hydroxylation is 1. The number of ether oxygens (including phenoxy) is 1. The lowest BCUT2D eigenvalue weighted by atomic mass is 10.2. The molecule has 8 heteroatoms. The minimum atomic E-state index is -0.000155. The SMILES string of the molecule is Cc1nn(-c2ccc(N3CCN(C(=O)COc4ccccc4)CC3)nn2)c(C)c1C. The second kappa shape index (κ2) is 8.52. The molecule has 0 spiro atoms. The largest absolute Gasteiger partial charge is 0.484 e. The molecule has 0 aliphatic carbocycles. The van der Waals surface area contributed by atoms with Gasteiger partial charge in [-0.3, -0.25) is 4.79 Å². The third-order valence-electron chi connectivity index (χ3n) is 5.57. The zero-order valence-corrected chi connectivity index (χ0v) is 17.6. The number of para-hydroxylation sites is 1. The van der Waals surface area contributed by atoms with Crippen molar-refractivity contribution >= 4 is 11.7 Å². The van der Waals surface area contributed by atoms with Gasteiger partial charge < -0.3 is 14.5 Å². The number of carbonyl (C=O) groups excluding carboxylic acids is 1. The highest BCUT2D eigenvalue weighted by Crippen LogP contribution is 2.18. The number of nitrogens with zero attached hydrogens (tertiary/aromatic N) is 6. The van der Waals surface area contributed by atoms with Crippen LogP contribution in [0.2, 0.25) is 0 Å². The van der Waals surface area contributed by atoms with Crippen LogP contribution in [0.1, 0.15) is 17.0 Å². The summed E-state index contributed by atoms with van der Waals surface area (Å²) in [6.07, 6.45) is 0. The topological polar surface area (TPSA) is 76.4 Å². The minimum Gasteiger partial charge on any atom is -0.484 e. The number of hydrogen-bond donors (Lipinski definition) is 0.